The highest BCUT2D eigenvalue weighted by Gasteiger charge is 2.73. The Kier molecular flexibility index (Phi) is 9.47. The Morgan fingerprint density at radius 2 is 1.74 bits per heavy atom. The van der Waals surface area contributed by atoms with Crippen molar-refractivity contribution in [3.8, 4) is 0 Å². The Hall–Kier alpha value is -3.28. The van der Waals surface area contributed by atoms with Crippen molar-refractivity contribution < 1.29 is 54.2 Å². The first-order valence-electron chi connectivity index (χ1n) is 12.2. The van der Waals surface area contributed by atoms with Crippen molar-refractivity contribution in [3.63, 3.8) is 0 Å². The molecule has 0 bridgehead atoms. The van der Waals surface area contributed by atoms with E-state index in [1.165, 1.54) is 13.8 Å². The van der Waals surface area contributed by atoms with E-state index in [1.54, 1.807) is 0 Å². The second-order valence-electron chi connectivity index (χ2n) is 10.3. The fourth-order valence-corrected chi connectivity index (χ4v) is 5.05. The van der Waals surface area contributed by atoms with E-state index >= 15 is 0 Å². The van der Waals surface area contributed by atoms with Crippen molar-refractivity contribution in [2.75, 3.05) is 0 Å². The summed E-state index contributed by atoms with van der Waals surface area (Å²) in [7, 11) is 0. The molecule has 11 nitrogen and oxygen atoms in total. The van der Waals surface area contributed by atoms with E-state index in [0.29, 0.717) is 12.0 Å². The number of rotatable bonds is 13. The predicted molar refractivity (Wildman–Crippen MR) is 133 cm³/mol. The van der Waals surface area contributed by atoms with Gasteiger partial charge in [0.15, 0.2) is 0 Å². The molecule has 11 heteroatoms. The van der Waals surface area contributed by atoms with Crippen LogP contribution in [0.1, 0.15) is 52.5 Å². The number of hydrogen-bond acceptors (Lipinski definition) is 8. The van der Waals surface area contributed by atoms with Crippen LogP contribution in [0.25, 0.3) is 0 Å². The van der Waals surface area contributed by atoms with Crippen molar-refractivity contribution in [3.05, 3.63) is 48.0 Å². The fourth-order valence-electron chi connectivity index (χ4n) is 5.05. The lowest BCUT2D eigenvalue weighted by Crippen LogP contribution is -2.68. The Balaban J connectivity index is 2.31. The Morgan fingerprint density at radius 1 is 1.16 bits per heavy atom. The van der Waals surface area contributed by atoms with Crippen LogP contribution >= 0.6 is 0 Å². The average Bonchev–Trinajstić information content (AvgIpc) is 3.12. The summed E-state index contributed by atoms with van der Waals surface area (Å²) >= 11 is 0. The van der Waals surface area contributed by atoms with Gasteiger partial charge in [0.1, 0.15) is 6.10 Å². The van der Waals surface area contributed by atoms with Crippen LogP contribution in [0.15, 0.2) is 42.5 Å². The zero-order chi connectivity index (χ0) is 29.1. The van der Waals surface area contributed by atoms with Crippen molar-refractivity contribution in [1.29, 1.82) is 0 Å². The molecule has 7 atom stereocenters. The zero-order valence-corrected chi connectivity index (χ0v) is 21.9. The molecular weight excluding hydrogens is 500 g/mol. The SMILES string of the molecule is C=C(CCC1(C)OC(C(=O)O)(C(O)(C(=O)O)C(C)C(=O)O)C[C@H]1O)[C@@H](OC(C)=O)[C@H](C)Cc1ccccc1. The van der Waals surface area contributed by atoms with Gasteiger partial charge in [0.25, 0.3) is 0 Å². The number of esters is 1. The lowest BCUT2D eigenvalue weighted by Gasteiger charge is -2.41. The number of aliphatic hydroxyl groups excluding tert-OH is 1. The van der Waals surface area contributed by atoms with Gasteiger partial charge in [-0.05, 0) is 44.2 Å². The molecule has 2 rings (SSSR count). The van der Waals surface area contributed by atoms with Crippen LogP contribution in [0, 0.1) is 11.8 Å². The van der Waals surface area contributed by atoms with Crippen molar-refractivity contribution in [2.45, 2.75) is 82.4 Å². The van der Waals surface area contributed by atoms with Crippen LogP contribution in [0.3, 0.4) is 0 Å². The lowest BCUT2D eigenvalue weighted by atomic mass is 9.72. The molecule has 4 unspecified atom stereocenters. The van der Waals surface area contributed by atoms with Gasteiger partial charge < -0.3 is 35.0 Å². The number of aliphatic carboxylic acids is 3. The molecule has 0 aromatic heterocycles. The normalized spacial score (nSPS) is 26.9. The van der Waals surface area contributed by atoms with E-state index in [-0.39, 0.29) is 18.8 Å². The van der Waals surface area contributed by atoms with E-state index in [4.69, 9.17) is 9.47 Å². The van der Waals surface area contributed by atoms with Gasteiger partial charge in [0, 0.05) is 19.3 Å². The highest BCUT2D eigenvalue weighted by atomic mass is 16.6. The first-order chi connectivity index (χ1) is 17.5. The Bertz CT molecular complexity index is 1070. The summed E-state index contributed by atoms with van der Waals surface area (Å²) in [6.45, 7) is 9.38. The van der Waals surface area contributed by atoms with E-state index < -0.39 is 65.2 Å². The number of carboxylic acid groups (broad SMARTS) is 3. The standard InChI is InChI=1S/C27H36O11/c1-15(21(37-18(4)28)16(2)13-19-9-7-6-8-10-19)11-12-25(5)20(29)14-26(38-25,23(32)33)27(36,24(34)35)17(3)22(30)31/h6-10,16-17,20-21,29,36H,1,11-14H2,2-5H3,(H,30,31)(H,32,33)(H,34,35)/t16-,17?,20-,21-,25?,26?,27?/m1/s1. The molecule has 0 saturated carbocycles. The molecule has 0 amide bonds. The third kappa shape index (κ3) is 5.90. The first-order valence-corrected chi connectivity index (χ1v) is 12.2. The van der Waals surface area contributed by atoms with Gasteiger partial charge in [0.05, 0.1) is 17.6 Å². The van der Waals surface area contributed by atoms with E-state index in [1.807, 2.05) is 37.3 Å². The minimum atomic E-state index is -3.40. The molecule has 1 aliphatic heterocycles. The second kappa shape index (κ2) is 11.6. The highest BCUT2D eigenvalue weighted by molar-refractivity contribution is 5.95. The maximum atomic E-state index is 12.3. The minimum Gasteiger partial charge on any atom is -0.481 e. The van der Waals surface area contributed by atoms with E-state index in [2.05, 4.69) is 6.58 Å². The molecule has 1 fully saturated rings. The summed E-state index contributed by atoms with van der Waals surface area (Å²) in [6, 6.07) is 9.51. The van der Waals surface area contributed by atoms with Gasteiger partial charge in [-0.2, -0.15) is 0 Å². The van der Waals surface area contributed by atoms with Gasteiger partial charge in [0.2, 0.25) is 11.2 Å². The lowest BCUT2D eigenvalue weighted by molar-refractivity contribution is -0.238. The number of ether oxygens (including phenoxy) is 2. The molecule has 1 heterocycles. The summed E-state index contributed by atoms with van der Waals surface area (Å²) in [6.07, 6.45) is -2.61. The number of hydrogen-bond donors (Lipinski definition) is 5. The third-order valence-corrected chi connectivity index (χ3v) is 7.43. The van der Waals surface area contributed by atoms with Crippen LogP contribution < -0.4 is 0 Å². The summed E-state index contributed by atoms with van der Waals surface area (Å²) in [4.78, 5) is 47.8. The average molecular weight is 537 g/mol. The molecule has 1 saturated heterocycles. The fraction of sp³-hybridized carbons (Fsp3) is 0.556. The van der Waals surface area contributed by atoms with Crippen molar-refractivity contribution >= 4 is 23.9 Å². The molecule has 210 valence electrons. The predicted octanol–water partition coefficient (Wildman–Crippen LogP) is 2.03. The molecule has 0 radical (unpaired) electrons. The summed E-state index contributed by atoms with van der Waals surface area (Å²) < 4.78 is 11.2. The van der Waals surface area contributed by atoms with Crippen LogP contribution in [0.5, 0.6) is 0 Å². The van der Waals surface area contributed by atoms with E-state index in [0.717, 1.165) is 12.5 Å². The number of carboxylic acids is 3. The number of benzene rings is 1. The largest absolute Gasteiger partial charge is 0.481 e. The van der Waals surface area contributed by atoms with Crippen LogP contribution in [0.4, 0.5) is 0 Å². The number of carbonyl (C=O) groups excluding carboxylic acids is 1. The van der Waals surface area contributed by atoms with Crippen LogP contribution in [-0.4, -0.2) is 78.4 Å². The number of carbonyl (C=O) groups is 4. The molecular formula is C27H36O11. The van der Waals surface area contributed by atoms with Crippen LogP contribution in [0.2, 0.25) is 0 Å². The maximum Gasteiger partial charge on any atom is 0.340 e. The minimum absolute atomic E-state index is 0.0837. The Morgan fingerprint density at radius 3 is 2.21 bits per heavy atom. The van der Waals surface area contributed by atoms with Gasteiger partial charge in [-0.1, -0.05) is 43.8 Å². The molecule has 38 heavy (non-hydrogen) atoms. The molecule has 1 aromatic carbocycles. The van der Waals surface area contributed by atoms with Crippen LogP contribution in [-0.2, 0) is 35.1 Å². The third-order valence-electron chi connectivity index (χ3n) is 7.43. The monoisotopic (exact) mass is 536 g/mol. The second-order valence-corrected chi connectivity index (χ2v) is 10.3. The Labute approximate surface area is 220 Å². The molecule has 0 spiro atoms. The van der Waals surface area contributed by atoms with Gasteiger partial charge in [-0.3, -0.25) is 9.59 Å². The smallest absolute Gasteiger partial charge is 0.340 e. The molecule has 5 N–H and O–H groups in total. The zero-order valence-electron chi connectivity index (χ0n) is 21.9. The molecule has 0 aliphatic carbocycles. The van der Waals surface area contributed by atoms with E-state index in [9.17, 15) is 44.7 Å². The first kappa shape index (κ1) is 30.9. The van der Waals surface area contributed by atoms with Gasteiger partial charge in [-0.25, -0.2) is 9.59 Å². The summed E-state index contributed by atoms with van der Waals surface area (Å²) in [5.41, 5.74) is -6.58. The number of aliphatic hydroxyl groups is 2. The molecule has 1 aliphatic rings. The maximum absolute atomic E-state index is 12.3. The van der Waals surface area contributed by atoms with Crippen molar-refractivity contribution in [1.82, 2.24) is 0 Å². The summed E-state index contributed by atoms with van der Waals surface area (Å²) in [5.74, 6) is -8.60. The highest BCUT2D eigenvalue weighted by Crippen LogP contribution is 2.49. The van der Waals surface area contributed by atoms with Gasteiger partial charge >= 0.3 is 23.9 Å². The van der Waals surface area contributed by atoms with Crippen molar-refractivity contribution in [2.24, 2.45) is 11.8 Å². The topological polar surface area (TPSA) is 188 Å². The summed E-state index contributed by atoms with van der Waals surface area (Å²) in [5, 5.41) is 51.0. The van der Waals surface area contributed by atoms with Gasteiger partial charge in [-0.15, -0.1) is 0 Å². The molecule has 1 aromatic rings. The quantitative estimate of drug-likeness (QED) is 0.183.